The van der Waals surface area contributed by atoms with Crippen LogP contribution >= 0.6 is 0 Å². The van der Waals surface area contributed by atoms with Gasteiger partial charge in [0.1, 0.15) is 5.82 Å². The van der Waals surface area contributed by atoms with E-state index in [1.54, 1.807) is 6.07 Å². The molecular weight excluding hydrogens is 241 g/mol. The van der Waals surface area contributed by atoms with Crippen LogP contribution in [-0.4, -0.2) is 16.0 Å². The zero-order valence-electron chi connectivity index (χ0n) is 11.4. The van der Waals surface area contributed by atoms with Crippen molar-refractivity contribution in [1.82, 2.24) is 9.97 Å². The fourth-order valence-electron chi connectivity index (χ4n) is 3.25. The van der Waals surface area contributed by atoms with E-state index in [1.807, 2.05) is 0 Å². The number of nitrogens with one attached hydrogen (secondary N) is 2. The smallest absolute Gasteiger partial charge is 0.201 e. The van der Waals surface area contributed by atoms with Gasteiger partial charge in [-0.05, 0) is 42.9 Å². The molecule has 1 aromatic heterocycles. The largest absolute Gasteiger partial charge is 0.353 e. The molecule has 1 saturated carbocycles. The minimum atomic E-state index is -0.233. The van der Waals surface area contributed by atoms with E-state index in [2.05, 4.69) is 29.1 Å². The van der Waals surface area contributed by atoms with Crippen molar-refractivity contribution in [3.63, 3.8) is 0 Å². The maximum Gasteiger partial charge on any atom is 0.201 e. The van der Waals surface area contributed by atoms with Crippen LogP contribution < -0.4 is 5.32 Å². The third kappa shape index (κ3) is 2.31. The summed E-state index contributed by atoms with van der Waals surface area (Å²) in [6.45, 7) is 4.56. The van der Waals surface area contributed by atoms with Crippen molar-refractivity contribution in [3.05, 3.63) is 24.0 Å². The molecule has 0 bridgehead atoms. The van der Waals surface area contributed by atoms with Gasteiger partial charge in [-0.1, -0.05) is 20.3 Å². The molecule has 3 rings (SSSR count). The summed E-state index contributed by atoms with van der Waals surface area (Å²) in [6, 6.07) is 5.10. The quantitative estimate of drug-likeness (QED) is 0.878. The highest BCUT2D eigenvalue weighted by Gasteiger charge is 2.31. The van der Waals surface area contributed by atoms with Gasteiger partial charge in [-0.25, -0.2) is 9.37 Å². The van der Waals surface area contributed by atoms with E-state index in [-0.39, 0.29) is 5.82 Å². The van der Waals surface area contributed by atoms with Crippen molar-refractivity contribution in [2.45, 2.75) is 39.2 Å². The fourth-order valence-corrected chi connectivity index (χ4v) is 3.25. The normalized spacial score (nSPS) is 27.0. The molecule has 0 saturated heterocycles. The Morgan fingerprint density at radius 1 is 1.42 bits per heavy atom. The lowest BCUT2D eigenvalue weighted by Gasteiger charge is -2.20. The second kappa shape index (κ2) is 4.83. The zero-order chi connectivity index (χ0) is 13.4. The highest BCUT2D eigenvalue weighted by atomic mass is 19.1. The molecule has 3 unspecified atom stereocenters. The van der Waals surface area contributed by atoms with Gasteiger partial charge in [0.25, 0.3) is 0 Å². The Bertz CT molecular complexity index is 578. The SMILES string of the molecule is CCC1CCC(Nc2nc3ccc(F)cc3[nH]2)C1C. The molecule has 0 amide bonds. The summed E-state index contributed by atoms with van der Waals surface area (Å²) in [7, 11) is 0. The fraction of sp³-hybridized carbons (Fsp3) is 0.533. The van der Waals surface area contributed by atoms with Gasteiger partial charge in [-0.15, -0.1) is 0 Å². The molecule has 0 radical (unpaired) electrons. The average Bonchev–Trinajstić information content (AvgIpc) is 2.93. The molecule has 1 heterocycles. The van der Waals surface area contributed by atoms with Gasteiger partial charge in [0.15, 0.2) is 0 Å². The van der Waals surface area contributed by atoms with Gasteiger partial charge in [0.2, 0.25) is 5.95 Å². The standard InChI is InChI=1S/C15H20FN3/c1-3-10-4-6-12(9(10)2)17-15-18-13-7-5-11(16)8-14(13)19-15/h5,7-10,12H,3-4,6H2,1-2H3,(H2,17,18,19). The molecule has 1 fully saturated rings. The minimum absolute atomic E-state index is 0.233. The third-order valence-corrected chi connectivity index (χ3v) is 4.52. The summed E-state index contributed by atoms with van der Waals surface area (Å²) < 4.78 is 13.1. The van der Waals surface area contributed by atoms with E-state index >= 15 is 0 Å². The van der Waals surface area contributed by atoms with Crippen molar-refractivity contribution >= 4 is 17.0 Å². The molecule has 3 nitrogen and oxygen atoms in total. The topological polar surface area (TPSA) is 40.7 Å². The van der Waals surface area contributed by atoms with Gasteiger partial charge in [-0.2, -0.15) is 0 Å². The molecule has 2 aromatic rings. The van der Waals surface area contributed by atoms with Crippen molar-refractivity contribution in [2.75, 3.05) is 5.32 Å². The van der Waals surface area contributed by atoms with Crippen LogP contribution in [0.25, 0.3) is 11.0 Å². The number of fused-ring (bicyclic) bond motifs is 1. The lowest BCUT2D eigenvalue weighted by molar-refractivity contribution is 0.391. The molecule has 4 heteroatoms. The maximum absolute atomic E-state index is 13.1. The van der Waals surface area contributed by atoms with Gasteiger partial charge >= 0.3 is 0 Å². The first kappa shape index (κ1) is 12.5. The van der Waals surface area contributed by atoms with Crippen LogP contribution in [0.1, 0.15) is 33.1 Å². The first-order valence-corrected chi connectivity index (χ1v) is 7.09. The van der Waals surface area contributed by atoms with E-state index in [9.17, 15) is 4.39 Å². The van der Waals surface area contributed by atoms with Crippen LogP contribution in [0.5, 0.6) is 0 Å². The summed E-state index contributed by atoms with van der Waals surface area (Å²) in [5.74, 6) is 1.99. The first-order chi connectivity index (χ1) is 9.17. The number of hydrogen-bond donors (Lipinski definition) is 2. The van der Waals surface area contributed by atoms with E-state index in [0.29, 0.717) is 12.0 Å². The lowest BCUT2D eigenvalue weighted by Crippen LogP contribution is -2.25. The Labute approximate surface area is 112 Å². The number of imidazole rings is 1. The Balaban J connectivity index is 1.78. The Morgan fingerprint density at radius 3 is 3.00 bits per heavy atom. The van der Waals surface area contributed by atoms with Gasteiger partial charge in [0.05, 0.1) is 11.0 Å². The van der Waals surface area contributed by atoms with Crippen molar-refractivity contribution < 1.29 is 4.39 Å². The summed E-state index contributed by atoms with van der Waals surface area (Å²) in [5, 5.41) is 3.47. The van der Waals surface area contributed by atoms with Crippen molar-refractivity contribution in [3.8, 4) is 0 Å². The zero-order valence-corrected chi connectivity index (χ0v) is 11.4. The number of hydrogen-bond acceptors (Lipinski definition) is 2. The molecule has 0 aliphatic heterocycles. The summed E-state index contributed by atoms with van der Waals surface area (Å²) >= 11 is 0. The minimum Gasteiger partial charge on any atom is -0.353 e. The number of benzene rings is 1. The Morgan fingerprint density at radius 2 is 2.26 bits per heavy atom. The van der Waals surface area contributed by atoms with Crippen LogP contribution in [0, 0.1) is 17.7 Å². The number of halogens is 1. The number of aromatic amines is 1. The number of H-pyrrole nitrogens is 1. The molecule has 0 spiro atoms. The van der Waals surface area contributed by atoms with E-state index in [1.165, 1.54) is 31.4 Å². The predicted molar refractivity (Wildman–Crippen MR) is 75.6 cm³/mol. The van der Waals surface area contributed by atoms with E-state index in [0.717, 1.165) is 22.9 Å². The predicted octanol–water partition coefficient (Wildman–Crippen LogP) is 3.94. The van der Waals surface area contributed by atoms with E-state index in [4.69, 9.17) is 0 Å². The Kier molecular flexibility index (Phi) is 3.17. The molecule has 1 aliphatic rings. The first-order valence-electron chi connectivity index (χ1n) is 7.09. The number of anilines is 1. The lowest BCUT2D eigenvalue weighted by atomic mass is 9.94. The van der Waals surface area contributed by atoms with Gasteiger partial charge < -0.3 is 10.3 Å². The van der Waals surface area contributed by atoms with Crippen LogP contribution in [0.2, 0.25) is 0 Å². The van der Waals surface area contributed by atoms with Crippen LogP contribution in [-0.2, 0) is 0 Å². The van der Waals surface area contributed by atoms with Gasteiger partial charge in [-0.3, -0.25) is 0 Å². The highest BCUT2D eigenvalue weighted by molar-refractivity contribution is 5.77. The Hall–Kier alpha value is -1.58. The molecule has 19 heavy (non-hydrogen) atoms. The van der Waals surface area contributed by atoms with Gasteiger partial charge in [0, 0.05) is 6.04 Å². The van der Waals surface area contributed by atoms with Crippen molar-refractivity contribution in [2.24, 2.45) is 11.8 Å². The molecule has 102 valence electrons. The summed E-state index contributed by atoms with van der Waals surface area (Å²) in [6.07, 6.45) is 3.71. The summed E-state index contributed by atoms with van der Waals surface area (Å²) in [4.78, 5) is 7.62. The van der Waals surface area contributed by atoms with Crippen LogP contribution in [0.4, 0.5) is 10.3 Å². The molecular formula is C15H20FN3. The third-order valence-electron chi connectivity index (χ3n) is 4.52. The van der Waals surface area contributed by atoms with Crippen LogP contribution in [0.15, 0.2) is 18.2 Å². The van der Waals surface area contributed by atoms with Crippen LogP contribution in [0.3, 0.4) is 0 Å². The number of rotatable bonds is 3. The second-order valence-corrected chi connectivity index (χ2v) is 5.60. The molecule has 1 aliphatic carbocycles. The highest BCUT2D eigenvalue weighted by Crippen LogP contribution is 2.35. The molecule has 1 aromatic carbocycles. The van der Waals surface area contributed by atoms with Crippen molar-refractivity contribution in [1.29, 1.82) is 0 Å². The average molecular weight is 261 g/mol. The monoisotopic (exact) mass is 261 g/mol. The molecule has 3 atom stereocenters. The summed E-state index contributed by atoms with van der Waals surface area (Å²) in [5.41, 5.74) is 1.56. The second-order valence-electron chi connectivity index (χ2n) is 5.60. The number of nitrogens with zero attached hydrogens (tertiary/aromatic N) is 1. The van der Waals surface area contributed by atoms with E-state index < -0.39 is 0 Å². The number of aromatic nitrogens is 2. The maximum atomic E-state index is 13.1. The molecule has 2 N–H and O–H groups in total.